The van der Waals surface area contributed by atoms with Crippen molar-refractivity contribution in [1.29, 1.82) is 0 Å². The molecule has 0 radical (unpaired) electrons. The molecule has 0 spiro atoms. The fraction of sp³-hybridized carbons (Fsp3) is 0.154. The molecule has 0 saturated heterocycles. The molecule has 1 atom stereocenters. The molecule has 1 heterocycles. The zero-order valence-electron chi connectivity index (χ0n) is 18.9. The maximum Gasteiger partial charge on any atom is 0.338 e. The SMILES string of the molecule is CC(NC(=O)COC(=O)c1ccc(S(=O)(=O)NCc2ccco2)cc1)c1ccc2ccccc2c1. The molecule has 0 bridgehead atoms. The van der Waals surface area contributed by atoms with Gasteiger partial charge in [-0.1, -0.05) is 36.4 Å². The first-order valence-electron chi connectivity index (χ1n) is 10.9. The molecule has 1 unspecified atom stereocenters. The van der Waals surface area contributed by atoms with Crippen LogP contribution in [-0.4, -0.2) is 26.9 Å². The molecule has 1 aromatic heterocycles. The average Bonchev–Trinajstić information content (AvgIpc) is 3.40. The van der Waals surface area contributed by atoms with Gasteiger partial charge in [-0.2, -0.15) is 0 Å². The van der Waals surface area contributed by atoms with E-state index in [0.717, 1.165) is 16.3 Å². The highest BCUT2D eigenvalue weighted by molar-refractivity contribution is 7.89. The van der Waals surface area contributed by atoms with Gasteiger partial charge < -0.3 is 14.5 Å². The van der Waals surface area contributed by atoms with E-state index in [1.54, 1.807) is 12.1 Å². The Labute approximate surface area is 203 Å². The summed E-state index contributed by atoms with van der Waals surface area (Å²) in [6.45, 7) is 1.40. The molecule has 8 nitrogen and oxygen atoms in total. The number of furan rings is 1. The lowest BCUT2D eigenvalue weighted by atomic mass is 10.0. The van der Waals surface area contributed by atoms with Crippen molar-refractivity contribution in [2.45, 2.75) is 24.4 Å². The molecule has 0 aliphatic rings. The zero-order valence-corrected chi connectivity index (χ0v) is 19.7. The third kappa shape index (κ3) is 6.14. The number of hydrogen-bond acceptors (Lipinski definition) is 6. The van der Waals surface area contributed by atoms with Crippen molar-refractivity contribution < 1.29 is 27.2 Å². The van der Waals surface area contributed by atoms with Gasteiger partial charge in [0, 0.05) is 0 Å². The quantitative estimate of drug-likeness (QED) is 0.342. The number of rotatable bonds is 9. The minimum absolute atomic E-state index is 0.00582. The predicted octanol–water partition coefficient (Wildman–Crippen LogP) is 3.95. The van der Waals surface area contributed by atoms with Crippen molar-refractivity contribution in [3.05, 3.63) is 102 Å². The normalized spacial score (nSPS) is 12.3. The number of esters is 1. The van der Waals surface area contributed by atoms with E-state index in [2.05, 4.69) is 10.0 Å². The highest BCUT2D eigenvalue weighted by Gasteiger charge is 2.17. The lowest BCUT2D eigenvalue weighted by Crippen LogP contribution is -2.31. The maximum absolute atomic E-state index is 12.4. The van der Waals surface area contributed by atoms with Crippen LogP contribution in [0.5, 0.6) is 0 Å². The third-order valence-electron chi connectivity index (χ3n) is 5.40. The molecular weight excluding hydrogens is 468 g/mol. The molecule has 180 valence electrons. The average molecular weight is 493 g/mol. The van der Waals surface area contributed by atoms with Gasteiger partial charge in [0.1, 0.15) is 5.76 Å². The summed E-state index contributed by atoms with van der Waals surface area (Å²) < 4.78 is 37.4. The van der Waals surface area contributed by atoms with Crippen LogP contribution in [0.3, 0.4) is 0 Å². The molecule has 0 fully saturated rings. The van der Waals surface area contributed by atoms with Crippen LogP contribution in [0.2, 0.25) is 0 Å². The summed E-state index contributed by atoms with van der Waals surface area (Å²) in [5.74, 6) is -0.701. The van der Waals surface area contributed by atoms with Crippen molar-refractivity contribution in [1.82, 2.24) is 10.0 Å². The summed E-state index contributed by atoms with van der Waals surface area (Å²) in [5.41, 5.74) is 1.06. The molecule has 0 aliphatic heterocycles. The molecule has 0 saturated carbocycles. The first-order valence-corrected chi connectivity index (χ1v) is 12.4. The van der Waals surface area contributed by atoms with Gasteiger partial charge in [0.15, 0.2) is 6.61 Å². The lowest BCUT2D eigenvalue weighted by Gasteiger charge is -2.15. The number of carbonyl (C=O) groups excluding carboxylic acids is 2. The summed E-state index contributed by atoms with van der Waals surface area (Å²) in [4.78, 5) is 24.6. The van der Waals surface area contributed by atoms with Crippen LogP contribution in [0.15, 0.2) is 94.4 Å². The summed E-state index contributed by atoms with van der Waals surface area (Å²) in [7, 11) is -3.78. The van der Waals surface area contributed by atoms with Gasteiger partial charge >= 0.3 is 5.97 Å². The van der Waals surface area contributed by atoms with E-state index < -0.39 is 28.5 Å². The number of ether oxygens (including phenoxy) is 1. The van der Waals surface area contributed by atoms with E-state index >= 15 is 0 Å². The lowest BCUT2D eigenvalue weighted by molar-refractivity contribution is -0.124. The van der Waals surface area contributed by atoms with Crippen LogP contribution < -0.4 is 10.0 Å². The molecule has 0 aliphatic carbocycles. The minimum Gasteiger partial charge on any atom is -0.468 e. The standard InChI is InChI=1S/C26H24N2O6S/c1-18(21-9-8-19-5-2-3-6-22(19)15-21)28-25(29)17-34-26(30)20-10-12-24(13-11-20)35(31,32)27-16-23-7-4-14-33-23/h2-15,18,27H,16-17H2,1H3,(H,28,29). The minimum atomic E-state index is -3.78. The fourth-order valence-corrected chi connectivity index (χ4v) is 4.48. The van der Waals surface area contributed by atoms with E-state index in [-0.39, 0.29) is 23.0 Å². The third-order valence-corrected chi connectivity index (χ3v) is 6.82. The second-order valence-corrected chi connectivity index (χ2v) is 9.67. The van der Waals surface area contributed by atoms with E-state index in [1.165, 1.54) is 30.5 Å². The van der Waals surface area contributed by atoms with Gasteiger partial charge in [-0.3, -0.25) is 4.79 Å². The Morgan fingerprint density at radius 3 is 2.40 bits per heavy atom. The van der Waals surface area contributed by atoms with Gasteiger partial charge in [-0.05, 0) is 65.7 Å². The highest BCUT2D eigenvalue weighted by atomic mass is 32.2. The predicted molar refractivity (Wildman–Crippen MR) is 130 cm³/mol. The molecule has 2 N–H and O–H groups in total. The Hall–Kier alpha value is -3.95. The van der Waals surface area contributed by atoms with Crippen LogP contribution in [0.1, 0.15) is 34.6 Å². The van der Waals surface area contributed by atoms with Gasteiger partial charge in [0.25, 0.3) is 5.91 Å². The van der Waals surface area contributed by atoms with Gasteiger partial charge in [0.05, 0.1) is 29.3 Å². The number of amides is 1. The Kier molecular flexibility index (Phi) is 7.28. The number of nitrogens with one attached hydrogen (secondary N) is 2. The molecule has 35 heavy (non-hydrogen) atoms. The Morgan fingerprint density at radius 2 is 1.69 bits per heavy atom. The first-order chi connectivity index (χ1) is 16.8. The number of hydrogen-bond donors (Lipinski definition) is 2. The topological polar surface area (TPSA) is 115 Å². The van der Waals surface area contributed by atoms with Gasteiger partial charge in [0.2, 0.25) is 10.0 Å². The Balaban J connectivity index is 1.29. The summed E-state index contributed by atoms with van der Waals surface area (Å²) in [5, 5.41) is 4.99. The second kappa shape index (κ2) is 10.5. The fourth-order valence-electron chi connectivity index (χ4n) is 3.49. The Morgan fingerprint density at radius 1 is 0.943 bits per heavy atom. The summed E-state index contributed by atoms with van der Waals surface area (Å²) in [6, 6.07) is 22.2. The van der Waals surface area contributed by atoms with E-state index in [0.29, 0.717) is 5.76 Å². The highest BCUT2D eigenvalue weighted by Crippen LogP contribution is 2.20. The number of fused-ring (bicyclic) bond motifs is 1. The zero-order chi connectivity index (χ0) is 24.8. The van der Waals surface area contributed by atoms with Crippen LogP contribution in [0.25, 0.3) is 10.8 Å². The van der Waals surface area contributed by atoms with E-state index in [4.69, 9.17) is 9.15 Å². The van der Waals surface area contributed by atoms with Crippen LogP contribution >= 0.6 is 0 Å². The number of sulfonamides is 1. The summed E-state index contributed by atoms with van der Waals surface area (Å²) >= 11 is 0. The van der Waals surface area contributed by atoms with Crippen molar-refractivity contribution in [2.75, 3.05) is 6.61 Å². The molecule has 4 rings (SSSR count). The van der Waals surface area contributed by atoms with Crippen molar-refractivity contribution in [2.24, 2.45) is 0 Å². The first kappa shape index (κ1) is 24.2. The largest absolute Gasteiger partial charge is 0.468 e. The molecule has 4 aromatic rings. The van der Waals surface area contributed by atoms with Crippen molar-refractivity contribution in [3.63, 3.8) is 0 Å². The monoisotopic (exact) mass is 492 g/mol. The van der Waals surface area contributed by atoms with Crippen LogP contribution in [-0.2, 0) is 26.1 Å². The summed E-state index contributed by atoms with van der Waals surface area (Å²) in [6.07, 6.45) is 1.45. The van der Waals surface area contributed by atoms with Crippen LogP contribution in [0, 0.1) is 0 Å². The van der Waals surface area contributed by atoms with Gasteiger partial charge in [-0.15, -0.1) is 0 Å². The van der Waals surface area contributed by atoms with E-state index in [1.807, 2.05) is 49.4 Å². The van der Waals surface area contributed by atoms with Crippen molar-refractivity contribution in [3.8, 4) is 0 Å². The maximum atomic E-state index is 12.4. The van der Waals surface area contributed by atoms with Gasteiger partial charge in [-0.25, -0.2) is 17.9 Å². The molecule has 9 heteroatoms. The van der Waals surface area contributed by atoms with Crippen molar-refractivity contribution >= 4 is 32.7 Å². The molecule has 1 amide bonds. The molecular formula is C26H24N2O6S. The second-order valence-electron chi connectivity index (χ2n) is 7.90. The Bertz CT molecular complexity index is 1430. The van der Waals surface area contributed by atoms with Crippen LogP contribution in [0.4, 0.5) is 0 Å². The number of carbonyl (C=O) groups is 2. The van der Waals surface area contributed by atoms with E-state index in [9.17, 15) is 18.0 Å². The smallest absolute Gasteiger partial charge is 0.338 e. The number of benzene rings is 3. The molecule has 3 aromatic carbocycles.